The van der Waals surface area contributed by atoms with Gasteiger partial charge in [0.1, 0.15) is 17.3 Å². The molecular formula is C15H14F2N2O3S. The van der Waals surface area contributed by atoms with Crippen molar-refractivity contribution in [2.24, 2.45) is 0 Å². The maximum absolute atomic E-state index is 13.5. The van der Waals surface area contributed by atoms with Gasteiger partial charge in [-0.25, -0.2) is 17.2 Å². The minimum Gasteiger partial charge on any atom is -0.317 e. The monoisotopic (exact) mass is 340 g/mol. The lowest BCUT2D eigenvalue weighted by atomic mass is 10.1. The summed E-state index contributed by atoms with van der Waals surface area (Å²) < 4.78 is 52.0. The van der Waals surface area contributed by atoms with Crippen molar-refractivity contribution in [3.05, 3.63) is 59.2 Å². The number of hydrogen-bond acceptors (Lipinski definition) is 3. The van der Waals surface area contributed by atoms with E-state index in [1.807, 2.05) is 0 Å². The number of hydrogen-bond donors (Lipinski definition) is 2. The van der Waals surface area contributed by atoms with Crippen LogP contribution in [0.5, 0.6) is 0 Å². The smallest absolute Gasteiger partial charge is 0.255 e. The predicted octanol–water partition coefficient (Wildman–Crippen LogP) is 2.90. The lowest BCUT2D eigenvalue weighted by molar-refractivity contribution is 0.102. The van der Waals surface area contributed by atoms with Crippen LogP contribution < -0.4 is 10.0 Å². The maximum Gasteiger partial charge on any atom is 0.255 e. The van der Waals surface area contributed by atoms with E-state index in [0.717, 1.165) is 18.4 Å². The summed E-state index contributed by atoms with van der Waals surface area (Å²) in [4.78, 5) is 12.1. The Morgan fingerprint density at radius 2 is 1.70 bits per heavy atom. The van der Waals surface area contributed by atoms with Crippen LogP contribution >= 0.6 is 0 Å². The molecule has 0 spiro atoms. The number of sulfonamides is 1. The number of aryl methyl sites for hydroxylation is 1. The van der Waals surface area contributed by atoms with Gasteiger partial charge in [-0.1, -0.05) is 12.1 Å². The first kappa shape index (κ1) is 16.9. The SMILES string of the molecule is Cc1ccc(C(=O)Nc2c(F)cccc2F)cc1NS(C)(=O)=O. The van der Waals surface area contributed by atoms with Gasteiger partial charge < -0.3 is 5.32 Å². The molecule has 0 bridgehead atoms. The zero-order valence-corrected chi connectivity index (χ0v) is 13.2. The summed E-state index contributed by atoms with van der Waals surface area (Å²) in [5, 5.41) is 2.14. The van der Waals surface area contributed by atoms with E-state index in [1.165, 1.54) is 24.3 Å². The van der Waals surface area contributed by atoms with Crippen LogP contribution in [0, 0.1) is 18.6 Å². The number of amides is 1. The molecule has 0 aliphatic carbocycles. The van der Waals surface area contributed by atoms with Gasteiger partial charge in [-0.3, -0.25) is 9.52 Å². The van der Waals surface area contributed by atoms with E-state index >= 15 is 0 Å². The van der Waals surface area contributed by atoms with Gasteiger partial charge in [-0.15, -0.1) is 0 Å². The van der Waals surface area contributed by atoms with Crippen molar-refractivity contribution >= 4 is 27.3 Å². The number of rotatable bonds is 4. The third kappa shape index (κ3) is 4.26. The Balaban J connectivity index is 2.32. The molecule has 2 aromatic carbocycles. The quantitative estimate of drug-likeness (QED) is 0.899. The molecule has 0 saturated carbocycles. The van der Waals surface area contributed by atoms with Crippen molar-refractivity contribution in [3.63, 3.8) is 0 Å². The number of benzene rings is 2. The highest BCUT2D eigenvalue weighted by Crippen LogP contribution is 2.21. The van der Waals surface area contributed by atoms with Gasteiger partial charge in [0.15, 0.2) is 0 Å². The van der Waals surface area contributed by atoms with E-state index in [-0.39, 0.29) is 11.3 Å². The molecule has 5 nitrogen and oxygen atoms in total. The molecule has 2 rings (SSSR count). The number of para-hydroxylation sites is 1. The number of halogens is 2. The van der Waals surface area contributed by atoms with Crippen LogP contribution in [0.2, 0.25) is 0 Å². The molecule has 8 heteroatoms. The predicted molar refractivity (Wildman–Crippen MR) is 84.0 cm³/mol. The minimum absolute atomic E-state index is 0.0596. The van der Waals surface area contributed by atoms with Crippen LogP contribution in [0.4, 0.5) is 20.2 Å². The Hall–Kier alpha value is -2.48. The second kappa shape index (κ2) is 6.33. The van der Waals surface area contributed by atoms with E-state index in [9.17, 15) is 22.0 Å². The van der Waals surface area contributed by atoms with Crippen molar-refractivity contribution in [2.45, 2.75) is 6.92 Å². The van der Waals surface area contributed by atoms with Gasteiger partial charge in [-0.2, -0.15) is 0 Å². The summed E-state index contributed by atoms with van der Waals surface area (Å²) in [5.41, 5.74) is 0.318. The van der Waals surface area contributed by atoms with E-state index in [4.69, 9.17) is 0 Å². The van der Waals surface area contributed by atoms with Crippen molar-refractivity contribution in [3.8, 4) is 0 Å². The molecule has 0 saturated heterocycles. The molecule has 2 aromatic rings. The largest absolute Gasteiger partial charge is 0.317 e. The molecule has 122 valence electrons. The Morgan fingerprint density at radius 1 is 1.09 bits per heavy atom. The van der Waals surface area contributed by atoms with Crippen LogP contribution in [0.3, 0.4) is 0 Å². The second-order valence-electron chi connectivity index (χ2n) is 4.95. The van der Waals surface area contributed by atoms with Crippen LogP contribution in [-0.2, 0) is 10.0 Å². The third-order valence-corrected chi connectivity index (χ3v) is 3.59. The zero-order chi connectivity index (χ0) is 17.2. The first-order chi connectivity index (χ1) is 10.7. The summed E-state index contributed by atoms with van der Waals surface area (Å²) in [6.07, 6.45) is 0.980. The highest BCUT2D eigenvalue weighted by atomic mass is 32.2. The Labute approximate surface area is 132 Å². The summed E-state index contributed by atoms with van der Waals surface area (Å²) in [6, 6.07) is 7.47. The van der Waals surface area contributed by atoms with Crippen molar-refractivity contribution in [1.29, 1.82) is 0 Å². The first-order valence-electron chi connectivity index (χ1n) is 6.51. The van der Waals surface area contributed by atoms with Gasteiger partial charge in [0.05, 0.1) is 11.9 Å². The maximum atomic E-state index is 13.5. The molecule has 1 amide bonds. The first-order valence-corrected chi connectivity index (χ1v) is 8.40. The fraction of sp³-hybridized carbons (Fsp3) is 0.133. The van der Waals surface area contributed by atoms with E-state index in [2.05, 4.69) is 10.0 Å². The van der Waals surface area contributed by atoms with Crippen LogP contribution in [0.25, 0.3) is 0 Å². The van der Waals surface area contributed by atoms with Gasteiger partial charge >= 0.3 is 0 Å². The summed E-state index contributed by atoms with van der Waals surface area (Å²) >= 11 is 0. The lowest BCUT2D eigenvalue weighted by Gasteiger charge is -2.11. The fourth-order valence-electron chi connectivity index (χ4n) is 1.88. The molecule has 0 heterocycles. The number of anilines is 2. The molecular weight excluding hydrogens is 326 g/mol. The van der Waals surface area contributed by atoms with Gasteiger partial charge in [-0.05, 0) is 36.8 Å². The van der Waals surface area contributed by atoms with E-state index in [1.54, 1.807) is 6.92 Å². The highest BCUT2D eigenvalue weighted by molar-refractivity contribution is 7.92. The summed E-state index contributed by atoms with van der Waals surface area (Å²) in [6.45, 7) is 1.66. The average Bonchev–Trinajstić information content (AvgIpc) is 2.44. The molecule has 23 heavy (non-hydrogen) atoms. The summed E-state index contributed by atoms with van der Waals surface area (Å²) in [7, 11) is -3.52. The van der Waals surface area contributed by atoms with Gasteiger partial charge in [0.25, 0.3) is 5.91 Å². The average molecular weight is 340 g/mol. The van der Waals surface area contributed by atoms with Crippen LogP contribution in [0.15, 0.2) is 36.4 Å². The van der Waals surface area contributed by atoms with Crippen LogP contribution in [-0.4, -0.2) is 20.6 Å². The van der Waals surface area contributed by atoms with Crippen molar-refractivity contribution in [1.82, 2.24) is 0 Å². The van der Waals surface area contributed by atoms with Gasteiger partial charge in [0.2, 0.25) is 10.0 Å². The molecule has 0 fully saturated rings. The minimum atomic E-state index is -3.52. The molecule has 0 radical (unpaired) electrons. The normalized spacial score (nSPS) is 11.1. The molecule has 0 atom stereocenters. The third-order valence-electron chi connectivity index (χ3n) is 3.00. The van der Waals surface area contributed by atoms with Crippen LogP contribution in [0.1, 0.15) is 15.9 Å². The standard InChI is InChI=1S/C15H14F2N2O3S/c1-9-6-7-10(8-13(9)19-23(2,21)22)15(20)18-14-11(16)4-3-5-12(14)17/h3-8,19H,1-2H3,(H,18,20). The van der Waals surface area contributed by atoms with Crippen molar-refractivity contribution < 1.29 is 22.0 Å². The highest BCUT2D eigenvalue weighted by Gasteiger charge is 2.15. The zero-order valence-electron chi connectivity index (χ0n) is 12.4. The lowest BCUT2D eigenvalue weighted by Crippen LogP contribution is -2.16. The van der Waals surface area contributed by atoms with E-state index in [0.29, 0.717) is 5.56 Å². The number of nitrogens with one attached hydrogen (secondary N) is 2. The van der Waals surface area contributed by atoms with Gasteiger partial charge in [0, 0.05) is 5.56 Å². The molecule has 0 aliphatic heterocycles. The number of carbonyl (C=O) groups excluding carboxylic acids is 1. The van der Waals surface area contributed by atoms with Crippen molar-refractivity contribution in [2.75, 3.05) is 16.3 Å². The Kier molecular flexibility index (Phi) is 4.65. The number of carbonyl (C=O) groups is 1. The Morgan fingerprint density at radius 3 is 2.26 bits per heavy atom. The molecule has 0 unspecified atom stereocenters. The molecule has 0 aromatic heterocycles. The molecule has 2 N–H and O–H groups in total. The Bertz CT molecular complexity index is 847. The second-order valence-corrected chi connectivity index (χ2v) is 6.70. The summed E-state index contributed by atoms with van der Waals surface area (Å²) in [5.74, 6) is -2.56. The fourth-order valence-corrected chi connectivity index (χ4v) is 2.50. The van der Waals surface area contributed by atoms with E-state index < -0.39 is 33.3 Å². The topological polar surface area (TPSA) is 75.3 Å². The molecule has 0 aliphatic rings.